The summed E-state index contributed by atoms with van der Waals surface area (Å²) in [6.45, 7) is 1.41. The molecule has 1 aromatic carbocycles. The third-order valence-corrected chi connectivity index (χ3v) is 3.29. The molecule has 0 radical (unpaired) electrons. The van der Waals surface area contributed by atoms with Gasteiger partial charge >= 0.3 is 0 Å². The lowest BCUT2D eigenvalue weighted by atomic mass is 10.1. The molecule has 0 spiro atoms. The number of nitrogens with zero attached hydrogens (tertiary/aromatic N) is 1. The second-order valence-electron chi connectivity index (χ2n) is 4.01. The number of nitrogen functional groups attached to an aromatic ring is 1. The molecule has 0 aromatic heterocycles. The molecule has 5 heteroatoms. The van der Waals surface area contributed by atoms with Gasteiger partial charge < -0.3 is 16.4 Å². The minimum Gasteiger partial charge on any atom is -0.396 e. The van der Waals surface area contributed by atoms with E-state index in [1.54, 1.807) is 6.07 Å². The summed E-state index contributed by atoms with van der Waals surface area (Å²) < 4.78 is 0. The van der Waals surface area contributed by atoms with Gasteiger partial charge in [-0.2, -0.15) is 0 Å². The average molecular weight is 240 g/mol. The summed E-state index contributed by atoms with van der Waals surface area (Å²) in [7, 11) is 0. The molecule has 4 N–H and O–H groups in total. The van der Waals surface area contributed by atoms with Gasteiger partial charge in [-0.1, -0.05) is 17.7 Å². The molecule has 1 aromatic rings. The molecule has 1 saturated heterocycles. The van der Waals surface area contributed by atoms with E-state index >= 15 is 0 Å². The standard InChI is InChI=1S/C11H14ClN3O/c12-8-2-1-3-9(10(8)13)15-5-4-7(6-15)11(14)16/h1-3,7H,4-6,13H2,(H2,14,16). The van der Waals surface area contributed by atoms with Crippen LogP contribution in [0.4, 0.5) is 11.4 Å². The fourth-order valence-electron chi connectivity index (χ4n) is 2.01. The molecule has 1 atom stereocenters. The number of hydrogen-bond acceptors (Lipinski definition) is 3. The molecular formula is C11H14ClN3O. The highest BCUT2D eigenvalue weighted by atomic mass is 35.5. The summed E-state index contributed by atoms with van der Waals surface area (Å²) in [5.74, 6) is -0.332. The Kier molecular flexibility index (Phi) is 2.92. The molecule has 1 heterocycles. The van der Waals surface area contributed by atoms with Gasteiger partial charge in [0, 0.05) is 13.1 Å². The quantitative estimate of drug-likeness (QED) is 0.763. The van der Waals surface area contributed by atoms with Crippen molar-refractivity contribution in [2.24, 2.45) is 11.7 Å². The fraction of sp³-hybridized carbons (Fsp3) is 0.364. The SMILES string of the molecule is NC(=O)C1CCN(c2cccc(Cl)c2N)C1. The van der Waals surface area contributed by atoms with E-state index in [0.29, 0.717) is 17.3 Å². The first-order valence-corrected chi connectivity index (χ1v) is 5.55. The number of hydrogen-bond donors (Lipinski definition) is 2. The minimum atomic E-state index is -0.247. The zero-order valence-corrected chi connectivity index (χ0v) is 9.57. The second-order valence-corrected chi connectivity index (χ2v) is 4.41. The van der Waals surface area contributed by atoms with E-state index < -0.39 is 0 Å². The van der Waals surface area contributed by atoms with Crippen molar-refractivity contribution in [1.82, 2.24) is 0 Å². The first-order chi connectivity index (χ1) is 7.59. The topological polar surface area (TPSA) is 72.4 Å². The van der Waals surface area contributed by atoms with Crippen molar-refractivity contribution in [1.29, 1.82) is 0 Å². The van der Waals surface area contributed by atoms with Gasteiger partial charge in [0.1, 0.15) is 0 Å². The van der Waals surface area contributed by atoms with Crippen molar-refractivity contribution >= 4 is 28.9 Å². The maximum atomic E-state index is 11.1. The number of carbonyl (C=O) groups excluding carboxylic acids is 1. The lowest BCUT2D eigenvalue weighted by Crippen LogP contribution is -2.27. The number of primary amides is 1. The lowest BCUT2D eigenvalue weighted by Gasteiger charge is -2.20. The van der Waals surface area contributed by atoms with Crippen molar-refractivity contribution < 1.29 is 4.79 Å². The Labute approximate surface area is 99.2 Å². The Morgan fingerprint density at radius 2 is 2.25 bits per heavy atom. The van der Waals surface area contributed by atoms with Gasteiger partial charge in [-0.15, -0.1) is 0 Å². The molecule has 0 saturated carbocycles. The number of anilines is 2. The molecule has 0 aliphatic carbocycles. The Balaban J connectivity index is 2.21. The maximum Gasteiger partial charge on any atom is 0.222 e. The summed E-state index contributed by atoms with van der Waals surface area (Å²) in [6, 6.07) is 5.51. The van der Waals surface area contributed by atoms with Crippen LogP contribution < -0.4 is 16.4 Å². The van der Waals surface area contributed by atoms with Crippen LogP contribution in [0.25, 0.3) is 0 Å². The van der Waals surface area contributed by atoms with Crippen LogP contribution in [0.15, 0.2) is 18.2 Å². The number of benzene rings is 1. The third-order valence-electron chi connectivity index (χ3n) is 2.96. The molecule has 1 aliphatic rings. The van der Waals surface area contributed by atoms with Gasteiger partial charge in [0.2, 0.25) is 5.91 Å². The first kappa shape index (κ1) is 11.1. The van der Waals surface area contributed by atoms with Gasteiger partial charge in [-0.05, 0) is 18.6 Å². The summed E-state index contributed by atoms with van der Waals surface area (Å²) >= 11 is 5.95. The van der Waals surface area contributed by atoms with Crippen LogP contribution in [0.1, 0.15) is 6.42 Å². The van der Waals surface area contributed by atoms with Crippen LogP contribution in [0.2, 0.25) is 5.02 Å². The van der Waals surface area contributed by atoms with Gasteiger partial charge in [-0.25, -0.2) is 0 Å². The normalized spacial score (nSPS) is 20.1. The van der Waals surface area contributed by atoms with Crippen LogP contribution in [0.3, 0.4) is 0 Å². The van der Waals surface area contributed by atoms with Gasteiger partial charge in [0.05, 0.1) is 22.3 Å². The first-order valence-electron chi connectivity index (χ1n) is 5.18. The Morgan fingerprint density at radius 3 is 2.88 bits per heavy atom. The fourth-order valence-corrected chi connectivity index (χ4v) is 2.18. The van der Waals surface area contributed by atoms with Gasteiger partial charge in [0.15, 0.2) is 0 Å². The maximum absolute atomic E-state index is 11.1. The van der Waals surface area contributed by atoms with E-state index in [1.165, 1.54) is 0 Å². The predicted molar refractivity (Wildman–Crippen MR) is 65.4 cm³/mol. The lowest BCUT2D eigenvalue weighted by molar-refractivity contribution is -0.121. The number of nitrogens with two attached hydrogens (primary N) is 2. The number of amides is 1. The monoisotopic (exact) mass is 239 g/mol. The highest BCUT2D eigenvalue weighted by molar-refractivity contribution is 6.33. The van der Waals surface area contributed by atoms with Gasteiger partial charge in [-0.3, -0.25) is 4.79 Å². The molecule has 1 fully saturated rings. The zero-order chi connectivity index (χ0) is 11.7. The van der Waals surface area contributed by atoms with E-state index in [2.05, 4.69) is 4.90 Å². The molecule has 1 aliphatic heterocycles. The number of para-hydroxylation sites is 1. The summed E-state index contributed by atoms with van der Waals surface area (Å²) in [6.07, 6.45) is 0.779. The molecule has 16 heavy (non-hydrogen) atoms. The van der Waals surface area contributed by atoms with Crippen LogP contribution in [-0.4, -0.2) is 19.0 Å². The highest BCUT2D eigenvalue weighted by Crippen LogP contribution is 2.33. The molecule has 4 nitrogen and oxygen atoms in total. The summed E-state index contributed by atoms with van der Waals surface area (Å²) in [5.41, 5.74) is 12.6. The third kappa shape index (κ3) is 1.93. The molecule has 0 bridgehead atoms. The highest BCUT2D eigenvalue weighted by Gasteiger charge is 2.27. The Morgan fingerprint density at radius 1 is 1.50 bits per heavy atom. The zero-order valence-electron chi connectivity index (χ0n) is 8.82. The molecule has 2 rings (SSSR count). The van der Waals surface area contributed by atoms with Crippen molar-refractivity contribution in [2.75, 3.05) is 23.7 Å². The van der Waals surface area contributed by atoms with E-state index in [9.17, 15) is 4.79 Å². The molecule has 86 valence electrons. The van der Waals surface area contributed by atoms with E-state index in [4.69, 9.17) is 23.1 Å². The number of halogens is 1. The van der Waals surface area contributed by atoms with Crippen molar-refractivity contribution in [3.05, 3.63) is 23.2 Å². The number of carbonyl (C=O) groups is 1. The van der Waals surface area contributed by atoms with Crippen LogP contribution in [0.5, 0.6) is 0 Å². The van der Waals surface area contributed by atoms with E-state index in [0.717, 1.165) is 18.7 Å². The van der Waals surface area contributed by atoms with Crippen LogP contribution >= 0.6 is 11.6 Å². The predicted octanol–water partition coefficient (Wildman–Crippen LogP) is 1.23. The summed E-state index contributed by atoms with van der Waals surface area (Å²) in [5, 5.41) is 0.542. The van der Waals surface area contributed by atoms with Crippen LogP contribution in [-0.2, 0) is 4.79 Å². The Hall–Kier alpha value is -1.42. The number of rotatable bonds is 2. The van der Waals surface area contributed by atoms with Crippen molar-refractivity contribution in [2.45, 2.75) is 6.42 Å². The molecule has 1 amide bonds. The minimum absolute atomic E-state index is 0.0848. The van der Waals surface area contributed by atoms with Gasteiger partial charge in [0.25, 0.3) is 0 Å². The molecular weight excluding hydrogens is 226 g/mol. The average Bonchev–Trinajstić information content (AvgIpc) is 2.71. The smallest absolute Gasteiger partial charge is 0.222 e. The summed E-state index contributed by atoms with van der Waals surface area (Å²) in [4.78, 5) is 13.1. The Bertz CT molecular complexity index is 422. The largest absolute Gasteiger partial charge is 0.396 e. The second kappa shape index (κ2) is 4.22. The van der Waals surface area contributed by atoms with Crippen molar-refractivity contribution in [3.63, 3.8) is 0 Å². The van der Waals surface area contributed by atoms with Crippen molar-refractivity contribution in [3.8, 4) is 0 Å². The molecule has 1 unspecified atom stereocenters. The van der Waals surface area contributed by atoms with E-state index in [-0.39, 0.29) is 11.8 Å². The van der Waals surface area contributed by atoms with Crippen LogP contribution in [0, 0.1) is 5.92 Å². The van der Waals surface area contributed by atoms with E-state index in [1.807, 2.05) is 12.1 Å².